The maximum absolute atomic E-state index is 11.6. The first-order chi connectivity index (χ1) is 7.90. The zero-order chi connectivity index (χ0) is 13.0. The van der Waals surface area contributed by atoms with Gasteiger partial charge in [-0.05, 0) is 31.9 Å². The number of pyridine rings is 1. The van der Waals surface area contributed by atoms with E-state index in [2.05, 4.69) is 10.3 Å². The Morgan fingerprint density at radius 3 is 2.76 bits per heavy atom. The van der Waals surface area contributed by atoms with Gasteiger partial charge < -0.3 is 11.1 Å². The summed E-state index contributed by atoms with van der Waals surface area (Å²) < 4.78 is 0. The Morgan fingerprint density at radius 2 is 2.24 bits per heavy atom. The minimum atomic E-state index is -0.128. The highest BCUT2D eigenvalue weighted by Crippen LogP contribution is 2.26. The molecule has 0 radical (unpaired) electrons. The number of carbonyl (C=O) groups excluding carboxylic acids is 1. The first kappa shape index (κ1) is 14.2. The highest BCUT2D eigenvalue weighted by atomic mass is 35.5. The SMILES string of the molecule is Cc1cc(Cl)nc(Cl)c1NC(=O)CCC(C)N. The van der Waals surface area contributed by atoms with E-state index in [1.807, 2.05) is 6.92 Å². The third-order valence-corrected chi connectivity index (χ3v) is 2.70. The summed E-state index contributed by atoms with van der Waals surface area (Å²) in [7, 11) is 0. The van der Waals surface area contributed by atoms with E-state index in [0.717, 1.165) is 5.56 Å². The van der Waals surface area contributed by atoms with Gasteiger partial charge in [-0.2, -0.15) is 0 Å². The van der Waals surface area contributed by atoms with Crippen LogP contribution in [0.2, 0.25) is 10.3 Å². The summed E-state index contributed by atoms with van der Waals surface area (Å²) in [6.07, 6.45) is 0.986. The third kappa shape index (κ3) is 4.50. The molecule has 0 bridgehead atoms. The van der Waals surface area contributed by atoms with E-state index >= 15 is 0 Å². The van der Waals surface area contributed by atoms with E-state index in [0.29, 0.717) is 23.7 Å². The molecule has 1 amide bonds. The van der Waals surface area contributed by atoms with E-state index in [1.54, 1.807) is 13.0 Å². The predicted octanol–water partition coefficient (Wildman–Crippen LogP) is 2.76. The number of hydrogen-bond donors (Lipinski definition) is 2. The van der Waals surface area contributed by atoms with Crippen LogP contribution in [0.25, 0.3) is 0 Å². The Morgan fingerprint density at radius 1 is 1.59 bits per heavy atom. The number of nitrogens with zero attached hydrogens (tertiary/aromatic N) is 1. The van der Waals surface area contributed by atoms with E-state index in [9.17, 15) is 4.79 Å². The van der Waals surface area contributed by atoms with E-state index < -0.39 is 0 Å². The van der Waals surface area contributed by atoms with Gasteiger partial charge in [0.15, 0.2) is 5.15 Å². The molecule has 1 atom stereocenters. The van der Waals surface area contributed by atoms with Gasteiger partial charge in [-0.25, -0.2) is 4.98 Å². The third-order valence-electron chi connectivity index (χ3n) is 2.23. The summed E-state index contributed by atoms with van der Waals surface area (Å²) in [5.74, 6) is -0.128. The lowest BCUT2D eigenvalue weighted by Crippen LogP contribution is -2.20. The average Bonchev–Trinajstić information content (AvgIpc) is 2.20. The topological polar surface area (TPSA) is 68.0 Å². The van der Waals surface area contributed by atoms with Gasteiger partial charge in [0, 0.05) is 12.5 Å². The molecule has 0 saturated heterocycles. The molecule has 0 aliphatic carbocycles. The quantitative estimate of drug-likeness (QED) is 0.831. The summed E-state index contributed by atoms with van der Waals surface area (Å²) in [5, 5.41) is 3.22. The molecule has 0 aliphatic heterocycles. The molecule has 0 aromatic carbocycles. The van der Waals surface area contributed by atoms with E-state index in [1.165, 1.54) is 0 Å². The van der Waals surface area contributed by atoms with Crippen LogP contribution < -0.4 is 11.1 Å². The van der Waals surface area contributed by atoms with Crippen molar-refractivity contribution in [3.05, 3.63) is 21.9 Å². The Bertz CT molecular complexity index is 398. The number of carbonyl (C=O) groups is 1. The van der Waals surface area contributed by atoms with E-state index in [4.69, 9.17) is 28.9 Å². The van der Waals surface area contributed by atoms with Crippen molar-refractivity contribution in [1.82, 2.24) is 4.98 Å². The number of anilines is 1. The molecule has 6 heteroatoms. The van der Waals surface area contributed by atoms with Crippen LogP contribution >= 0.6 is 23.2 Å². The number of aryl methyl sites for hydroxylation is 1. The van der Waals surface area contributed by atoms with Crippen molar-refractivity contribution in [2.75, 3.05) is 5.32 Å². The summed E-state index contributed by atoms with van der Waals surface area (Å²) in [4.78, 5) is 15.5. The molecule has 17 heavy (non-hydrogen) atoms. The first-order valence-electron chi connectivity index (χ1n) is 5.28. The largest absolute Gasteiger partial charge is 0.328 e. The molecule has 3 N–H and O–H groups in total. The van der Waals surface area contributed by atoms with Crippen LogP contribution in [-0.2, 0) is 4.79 Å². The van der Waals surface area contributed by atoms with Crippen molar-refractivity contribution in [2.45, 2.75) is 32.7 Å². The molecule has 0 aliphatic rings. The van der Waals surface area contributed by atoms with Gasteiger partial charge in [-0.1, -0.05) is 23.2 Å². The normalized spacial score (nSPS) is 12.3. The Kier molecular flexibility index (Phi) is 5.18. The molecule has 1 aromatic rings. The first-order valence-corrected chi connectivity index (χ1v) is 6.04. The second-order valence-electron chi connectivity index (χ2n) is 3.99. The summed E-state index contributed by atoms with van der Waals surface area (Å²) >= 11 is 11.6. The lowest BCUT2D eigenvalue weighted by molar-refractivity contribution is -0.116. The number of aromatic nitrogens is 1. The number of halogens is 2. The summed E-state index contributed by atoms with van der Waals surface area (Å²) in [6, 6.07) is 1.65. The van der Waals surface area contributed by atoms with Crippen molar-refractivity contribution in [3.8, 4) is 0 Å². The number of nitrogens with two attached hydrogens (primary N) is 1. The number of nitrogens with one attached hydrogen (secondary N) is 1. The molecule has 1 rings (SSSR count). The summed E-state index contributed by atoms with van der Waals surface area (Å²) in [5.41, 5.74) is 6.86. The van der Waals surface area contributed by atoms with Crippen LogP contribution in [0.3, 0.4) is 0 Å². The fourth-order valence-electron chi connectivity index (χ4n) is 1.31. The number of amides is 1. The Hall–Kier alpha value is -0.840. The van der Waals surface area contributed by atoms with Gasteiger partial charge in [0.2, 0.25) is 5.91 Å². The van der Waals surface area contributed by atoms with Crippen molar-refractivity contribution < 1.29 is 4.79 Å². The van der Waals surface area contributed by atoms with Gasteiger partial charge in [0.05, 0.1) is 5.69 Å². The van der Waals surface area contributed by atoms with Crippen LogP contribution in [0, 0.1) is 6.92 Å². The van der Waals surface area contributed by atoms with Gasteiger partial charge in [0.1, 0.15) is 5.15 Å². The van der Waals surface area contributed by atoms with Crippen LogP contribution in [0.5, 0.6) is 0 Å². The highest BCUT2D eigenvalue weighted by Gasteiger charge is 2.11. The molecule has 1 heterocycles. The van der Waals surface area contributed by atoms with Crippen molar-refractivity contribution >= 4 is 34.8 Å². The lowest BCUT2D eigenvalue weighted by Gasteiger charge is -2.10. The molecular formula is C11H15Cl2N3O. The Balaban J connectivity index is 2.72. The van der Waals surface area contributed by atoms with Gasteiger partial charge in [-0.3, -0.25) is 4.79 Å². The smallest absolute Gasteiger partial charge is 0.224 e. The molecule has 0 saturated carbocycles. The molecule has 1 unspecified atom stereocenters. The van der Waals surface area contributed by atoms with Gasteiger partial charge in [-0.15, -0.1) is 0 Å². The maximum atomic E-state index is 11.6. The standard InChI is InChI=1S/C11H15Cl2N3O/c1-6-5-8(12)15-11(13)10(6)16-9(17)4-3-7(2)14/h5,7H,3-4,14H2,1-2H3,(H,16,17). The molecule has 4 nitrogen and oxygen atoms in total. The fourth-order valence-corrected chi connectivity index (χ4v) is 1.89. The van der Waals surface area contributed by atoms with Gasteiger partial charge in [0.25, 0.3) is 0 Å². The van der Waals surface area contributed by atoms with Crippen molar-refractivity contribution in [3.63, 3.8) is 0 Å². The molecule has 94 valence electrons. The monoisotopic (exact) mass is 275 g/mol. The Labute approximate surface area is 110 Å². The fraction of sp³-hybridized carbons (Fsp3) is 0.455. The van der Waals surface area contributed by atoms with Crippen LogP contribution in [0.1, 0.15) is 25.3 Å². The minimum absolute atomic E-state index is 0.000613. The average molecular weight is 276 g/mol. The van der Waals surface area contributed by atoms with E-state index in [-0.39, 0.29) is 17.1 Å². The van der Waals surface area contributed by atoms with Crippen LogP contribution in [-0.4, -0.2) is 16.9 Å². The second kappa shape index (κ2) is 6.19. The number of rotatable bonds is 4. The molecule has 0 spiro atoms. The zero-order valence-corrected chi connectivity index (χ0v) is 11.3. The lowest BCUT2D eigenvalue weighted by atomic mass is 10.2. The second-order valence-corrected chi connectivity index (χ2v) is 4.74. The zero-order valence-electron chi connectivity index (χ0n) is 9.76. The van der Waals surface area contributed by atoms with Crippen LogP contribution in [0.15, 0.2) is 6.07 Å². The highest BCUT2D eigenvalue weighted by molar-refractivity contribution is 6.34. The van der Waals surface area contributed by atoms with Crippen LogP contribution in [0.4, 0.5) is 5.69 Å². The molecular weight excluding hydrogens is 261 g/mol. The van der Waals surface area contributed by atoms with Crippen molar-refractivity contribution in [1.29, 1.82) is 0 Å². The van der Waals surface area contributed by atoms with Crippen molar-refractivity contribution in [2.24, 2.45) is 5.73 Å². The minimum Gasteiger partial charge on any atom is -0.328 e. The predicted molar refractivity (Wildman–Crippen MR) is 70.5 cm³/mol. The molecule has 1 aromatic heterocycles. The maximum Gasteiger partial charge on any atom is 0.224 e. The molecule has 0 fully saturated rings. The summed E-state index contributed by atoms with van der Waals surface area (Å²) in [6.45, 7) is 3.66. The number of hydrogen-bond acceptors (Lipinski definition) is 3. The van der Waals surface area contributed by atoms with Gasteiger partial charge >= 0.3 is 0 Å².